The Morgan fingerprint density at radius 3 is 2.50 bits per heavy atom. The Hall–Kier alpha value is -2.06. The zero-order valence-electron chi connectivity index (χ0n) is 14.2. The van der Waals surface area contributed by atoms with Gasteiger partial charge >= 0.3 is 0 Å². The number of morpholine rings is 1. The Balaban J connectivity index is 1.42. The first-order chi connectivity index (χ1) is 12.7. The molecular formula is C18H19F2N3O3. The topological polar surface area (TPSA) is 60.6 Å². The number of hydrogen-bond acceptors (Lipinski definition) is 6. The van der Waals surface area contributed by atoms with Crippen molar-refractivity contribution >= 4 is 5.69 Å². The number of nitrogens with zero attached hydrogens (tertiary/aromatic N) is 3. The lowest BCUT2D eigenvalue weighted by Crippen LogP contribution is -2.37. The van der Waals surface area contributed by atoms with E-state index in [9.17, 15) is 8.78 Å². The number of hydrogen-bond donors (Lipinski definition) is 0. The SMILES string of the molecule is Fc1cc(-c2noc([C@@H]3C[C@H]4CC[C@@H]3O4)n2)cc(F)c1N1CCOCC1. The Morgan fingerprint density at radius 2 is 1.85 bits per heavy atom. The minimum absolute atomic E-state index is 0.0257. The Labute approximate surface area is 149 Å². The summed E-state index contributed by atoms with van der Waals surface area (Å²) in [6.45, 7) is 1.84. The largest absolute Gasteiger partial charge is 0.378 e. The maximum Gasteiger partial charge on any atom is 0.232 e. The fourth-order valence-electron chi connectivity index (χ4n) is 4.18. The van der Waals surface area contributed by atoms with Crippen LogP contribution in [0.3, 0.4) is 0 Å². The van der Waals surface area contributed by atoms with Gasteiger partial charge in [0.2, 0.25) is 11.7 Å². The van der Waals surface area contributed by atoms with Crippen molar-refractivity contribution < 1.29 is 22.8 Å². The second-order valence-electron chi connectivity index (χ2n) is 7.06. The highest BCUT2D eigenvalue weighted by molar-refractivity contribution is 5.62. The number of anilines is 1. The molecule has 2 bridgehead atoms. The van der Waals surface area contributed by atoms with E-state index in [4.69, 9.17) is 14.0 Å². The highest BCUT2D eigenvalue weighted by Gasteiger charge is 2.44. The van der Waals surface area contributed by atoms with E-state index in [0.29, 0.717) is 32.2 Å². The van der Waals surface area contributed by atoms with Gasteiger partial charge in [-0.3, -0.25) is 0 Å². The molecule has 26 heavy (non-hydrogen) atoms. The van der Waals surface area contributed by atoms with Gasteiger partial charge in [0.15, 0.2) is 0 Å². The van der Waals surface area contributed by atoms with Crippen molar-refractivity contribution in [2.45, 2.75) is 37.4 Å². The smallest absolute Gasteiger partial charge is 0.232 e. The number of ether oxygens (including phenoxy) is 2. The molecule has 4 heterocycles. The van der Waals surface area contributed by atoms with E-state index < -0.39 is 11.6 Å². The molecule has 3 atom stereocenters. The van der Waals surface area contributed by atoms with Crippen LogP contribution in [0.4, 0.5) is 14.5 Å². The van der Waals surface area contributed by atoms with Crippen LogP contribution in [-0.2, 0) is 9.47 Å². The number of aromatic nitrogens is 2. The zero-order chi connectivity index (χ0) is 17.7. The number of halogens is 2. The highest BCUT2D eigenvalue weighted by Crippen LogP contribution is 2.44. The average molecular weight is 363 g/mol. The van der Waals surface area contributed by atoms with E-state index in [1.165, 1.54) is 12.1 Å². The lowest BCUT2D eigenvalue weighted by molar-refractivity contribution is 0.0974. The van der Waals surface area contributed by atoms with Crippen molar-refractivity contribution in [1.29, 1.82) is 0 Å². The Morgan fingerprint density at radius 1 is 1.08 bits per heavy atom. The van der Waals surface area contributed by atoms with Crippen molar-refractivity contribution in [3.63, 3.8) is 0 Å². The summed E-state index contributed by atoms with van der Waals surface area (Å²) in [6.07, 6.45) is 3.31. The van der Waals surface area contributed by atoms with Gasteiger partial charge in [-0.05, 0) is 31.4 Å². The zero-order valence-corrected chi connectivity index (χ0v) is 14.2. The Bertz CT molecular complexity index is 799. The fraction of sp³-hybridized carbons (Fsp3) is 0.556. The van der Waals surface area contributed by atoms with Gasteiger partial charge in [-0.2, -0.15) is 4.98 Å². The fourth-order valence-corrected chi connectivity index (χ4v) is 4.18. The summed E-state index contributed by atoms with van der Waals surface area (Å²) in [7, 11) is 0. The van der Waals surface area contributed by atoms with Gasteiger partial charge in [0.05, 0.1) is 31.3 Å². The molecule has 2 aromatic rings. The molecule has 138 valence electrons. The summed E-state index contributed by atoms with van der Waals surface area (Å²) in [5, 5.41) is 3.93. The number of benzene rings is 1. The molecule has 1 aromatic heterocycles. The van der Waals surface area contributed by atoms with Gasteiger partial charge in [-0.25, -0.2) is 8.78 Å². The van der Waals surface area contributed by atoms with E-state index in [2.05, 4.69) is 10.1 Å². The number of fused-ring (bicyclic) bond motifs is 2. The van der Waals surface area contributed by atoms with Crippen molar-refractivity contribution in [1.82, 2.24) is 10.1 Å². The predicted molar refractivity (Wildman–Crippen MR) is 87.9 cm³/mol. The molecule has 3 saturated heterocycles. The molecule has 0 aliphatic carbocycles. The van der Waals surface area contributed by atoms with Crippen LogP contribution in [0.5, 0.6) is 0 Å². The molecule has 0 radical (unpaired) electrons. The summed E-state index contributed by atoms with van der Waals surface area (Å²) in [6, 6.07) is 2.53. The molecule has 0 amide bonds. The molecule has 6 nitrogen and oxygen atoms in total. The average Bonchev–Trinajstić information content (AvgIpc) is 3.38. The molecule has 5 rings (SSSR count). The molecule has 0 unspecified atom stereocenters. The first-order valence-electron chi connectivity index (χ1n) is 9.00. The normalized spacial score (nSPS) is 28.1. The van der Waals surface area contributed by atoms with Crippen LogP contribution < -0.4 is 4.90 Å². The maximum absolute atomic E-state index is 14.6. The Kier molecular flexibility index (Phi) is 3.90. The number of rotatable bonds is 3. The van der Waals surface area contributed by atoms with E-state index in [1.54, 1.807) is 4.90 Å². The summed E-state index contributed by atoms with van der Waals surface area (Å²) < 4.78 is 45.6. The van der Waals surface area contributed by atoms with Gasteiger partial charge in [-0.1, -0.05) is 5.16 Å². The quantitative estimate of drug-likeness (QED) is 0.836. The monoisotopic (exact) mass is 363 g/mol. The van der Waals surface area contributed by atoms with Crippen LogP contribution in [0.25, 0.3) is 11.4 Å². The third kappa shape index (κ3) is 2.68. The third-order valence-corrected chi connectivity index (χ3v) is 5.47. The molecule has 3 aliphatic heterocycles. The van der Waals surface area contributed by atoms with E-state index in [0.717, 1.165) is 19.3 Å². The summed E-state index contributed by atoms with van der Waals surface area (Å²) in [5.41, 5.74) is 0.248. The van der Waals surface area contributed by atoms with E-state index in [1.807, 2.05) is 0 Å². The minimum atomic E-state index is -0.628. The van der Waals surface area contributed by atoms with Gasteiger partial charge in [-0.15, -0.1) is 0 Å². The van der Waals surface area contributed by atoms with Gasteiger partial charge in [0.1, 0.15) is 17.3 Å². The maximum atomic E-state index is 14.6. The van der Waals surface area contributed by atoms with Crippen LogP contribution in [0.15, 0.2) is 16.7 Å². The van der Waals surface area contributed by atoms with E-state index >= 15 is 0 Å². The lowest BCUT2D eigenvalue weighted by Gasteiger charge is -2.29. The summed E-state index contributed by atoms with van der Waals surface area (Å²) >= 11 is 0. The highest BCUT2D eigenvalue weighted by atomic mass is 19.1. The molecule has 3 fully saturated rings. The van der Waals surface area contributed by atoms with Crippen LogP contribution in [-0.4, -0.2) is 48.7 Å². The van der Waals surface area contributed by atoms with Crippen molar-refractivity contribution in [3.8, 4) is 11.4 Å². The lowest BCUT2D eigenvalue weighted by atomic mass is 9.89. The first-order valence-corrected chi connectivity index (χ1v) is 9.00. The van der Waals surface area contributed by atoms with Crippen LogP contribution in [0.1, 0.15) is 31.1 Å². The summed E-state index contributed by atoms with van der Waals surface area (Å²) in [4.78, 5) is 6.04. The second-order valence-corrected chi connectivity index (χ2v) is 7.06. The van der Waals surface area contributed by atoms with Gasteiger partial charge in [0, 0.05) is 18.7 Å². The second kappa shape index (κ2) is 6.28. The molecular weight excluding hydrogens is 344 g/mol. The predicted octanol–water partition coefficient (Wildman–Crippen LogP) is 2.89. The van der Waals surface area contributed by atoms with Gasteiger partial charge in [0.25, 0.3) is 0 Å². The molecule has 3 aliphatic rings. The molecule has 8 heteroatoms. The summed E-state index contributed by atoms with van der Waals surface area (Å²) in [5.74, 6) is -0.482. The van der Waals surface area contributed by atoms with Crippen LogP contribution in [0, 0.1) is 11.6 Å². The first kappa shape index (κ1) is 16.1. The van der Waals surface area contributed by atoms with Crippen molar-refractivity contribution in [3.05, 3.63) is 29.7 Å². The van der Waals surface area contributed by atoms with Crippen LogP contribution >= 0.6 is 0 Å². The van der Waals surface area contributed by atoms with E-state index in [-0.39, 0.29) is 35.2 Å². The standard InChI is InChI=1S/C18H19F2N3O3/c19-13-7-10(8-14(20)16(13)23-3-5-24-6-4-23)17-21-18(26-22-17)12-9-11-1-2-15(12)25-11/h7-8,11-12,15H,1-6,9H2/t11-,12-,15+/m1/s1. The third-order valence-electron chi connectivity index (χ3n) is 5.47. The van der Waals surface area contributed by atoms with Crippen molar-refractivity contribution in [2.24, 2.45) is 0 Å². The van der Waals surface area contributed by atoms with Crippen molar-refractivity contribution in [2.75, 3.05) is 31.2 Å². The molecule has 0 spiro atoms. The molecule has 1 aromatic carbocycles. The van der Waals surface area contributed by atoms with Crippen LogP contribution in [0.2, 0.25) is 0 Å². The minimum Gasteiger partial charge on any atom is -0.378 e. The molecule has 0 saturated carbocycles. The molecule has 0 N–H and O–H groups in total. The van der Waals surface area contributed by atoms with Gasteiger partial charge < -0.3 is 18.9 Å².